The highest BCUT2D eigenvalue weighted by atomic mass is 35.5. The van der Waals surface area contributed by atoms with Gasteiger partial charge in [-0.3, -0.25) is 0 Å². The van der Waals surface area contributed by atoms with Crippen molar-refractivity contribution in [3.63, 3.8) is 0 Å². The first kappa shape index (κ1) is 10.3. The minimum atomic E-state index is 0.681. The second-order valence-electron chi connectivity index (χ2n) is 3.00. The lowest BCUT2D eigenvalue weighted by atomic mass is 10.1. The third-order valence-corrected chi connectivity index (χ3v) is 2.11. The highest BCUT2D eigenvalue weighted by Crippen LogP contribution is 2.18. The van der Waals surface area contributed by atoms with Gasteiger partial charge in [0.05, 0.1) is 0 Å². The smallest absolute Gasteiger partial charge is 0.0480 e. The standard InChI is InChI=1S/C11H14ClN/c1-9-5-6-10(11(12)8-9)4-2-3-7-13/h2,4-6,8H,3,7,13H2,1H3. The van der Waals surface area contributed by atoms with E-state index < -0.39 is 0 Å². The maximum absolute atomic E-state index is 6.03. The van der Waals surface area contributed by atoms with E-state index in [1.807, 2.05) is 37.3 Å². The Hall–Kier alpha value is -0.790. The Morgan fingerprint density at radius 1 is 1.46 bits per heavy atom. The van der Waals surface area contributed by atoms with Crippen LogP contribution in [-0.2, 0) is 0 Å². The van der Waals surface area contributed by atoms with Crippen molar-refractivity contribution in [3.05, 3.63) is 40.4 Å². The lowest BCUT2D eigenvalue weighted by Crippen LogP contribution is -1.94. The van der Waals surface area contributed by atoms with Crippen LogP contribution < -0.4 is 5.73 Å². The molecule has 1 rings (SSSR count). The van der Waals surface area contributed by atoms with Gasteiger partial charge in [0.2, 0.25) is 0 Å². The zero-order valence-corrected chi connectivity index (χ0v) is 8.51. The summed E-state index contributed by atoms with van der Waals surface area (Å²) >= 11 is 6.03. The number of hydrogen-bond acceptors (Lipinski definition) is 1. The van der Waals surface area contributed by atoms with Gasteiger partial charge in [0.25, 0.3) is 0 Å². The minimum Gasteiger partial charge on any atom is -0.330 e. The number of halogens is 1. The van der Waals surface area contributed by atoms with Crippen LogP contribution in [0.25, 0.3) is 6.08 Å². The lowest BCUT2D eigenvalue weighted by Gasteiger charge is -1.99. The summed E-state index contributed by atoms with van der Waals surface area (Å²) in [5.74, 6) is 0. The molecule has 0 spiro atoms. The summed E-state index contributed by atoms with van der Waals surface area (Å²) in [7, 11) is 0. The first-order valence-corrected chi connectivity index (χ1v) is 4.74. The molecule has 0 atom stereocenters. The molecule has 0 fully saturated rings. The predicted molar refractivity (Wildman–Crippen MR) is 58.9 cm³/mol. The van der Waals surface area contributed by atoms with Gasteiger partial charge < -0.3 is 5.73 Å². The van der Waals surface area contributed by atoms with Gasteiger partial charge in [0.1, 0.15) is 0 Å². The molecule has 0 saturated carbocycles. The van der Waals surface area contributed by atoms with E-state index in [2.05, 4.69) is 0 Å². The van der Waals surface area contributed by atoms with Crippen LogP contribution in [0, 0.1) is 6.92 Å². The summed E-state index contributed by atoms with van der Waals surface area (Å²) in [5.41, 5.74) is 7.61. The molecule has 0 amide bonds. The molecule has 0 saturated heterocycles. The molecule has 0 unspecified atom stereocenters. The molecule has 0 aliphatic heterocycles. The van der Waals surface area contributed by atoms with Gasteiger partial charge in [0, 0.05) is 5.02 Å². The van der Waals surface area contributed by atoms with E-state index >= 15 is 0 Å². The van der Waals surface area contributed by atoms with Crippen molar-refractivity contribution in [2.75, 3.05) is 6.54 Å². The lowest BCUT2D eigenvalue weighted by molar-refractivity contribution is 1.01. The van der Waals surface area contributed by atoms with Gasteiger partial charge in [-0.05, 0) is 37.1 Å². The highest BCUT2D eigenvalue weighted by molar-refractivity contribution is 6.32. The maximum Gasteiger partial charge on any atom is 0.0480 e. The van der Waals surface area contributed by atoms with Crippen molar-refractivity contribution in [1.82, 2.24) is 0 Å². The van der Waals surface area contributed by atoms with Gasteiger partial charge in [-0.25, -0.2) is 0 Å². The summed E-state index contributed by atoms with van der Waals surface area (Å²) in [4.78, 5) is 0. The normalized spacial score (nSPS) is 11.0. The molecule has 2 heteroatoms. The SMILES string of the molecule is Cc1ccc(C=CCCN)c(Cl)c1. The first-order chi connectivity index (χ1) is 6.24. The van der Waals surface area contributed by atoms with Crippen LogP contribution in [0.5, 0.6) is 0 Å². The summed E-state index contributed by atoms with van der Waals surface area (Å²) in [6, 6.07) is 6.03. The number of benzene rings is 1. The molecule has 0 aliphatic carbocycles. The third kappa shape index (κ3) is 3.21. The Kier molecular flexibility index (Phi) is 4.00. The van der Waals surface area contributed by atoms with Crippen LogP contribution in [0.15, 0.2) is 24.3 Å². The fraction of sp³-hybridized carbons (Fsp3) is 0.273. The molecule has 0 aromatic heterocycles. The van der Waals surface area contributed by atoms with Crippen molar-refractivity contribution in [3.8, 4) is 0 Å². The van der Waals surface area contributed by atoms with Crippen LogP contribution in [0.4, 0.5) is 0 Å². The van der Waals surface area contributed by atoms with E-state index in [1.54, 1.807) is 0 Å². The van der Waals surface area contributed by atoms with Crippen LogP contribution in [-0.4, -0.2) is 6.54 Å². The molecule has 1 aromatic carbocycles. The number of nitrogens with two attached hydrogens (primary N) is 1. The van der Waals surface area contributed by atoms with Gasteiger partial charge in [0.15, 0.2) is 0 Å². The number of rotatable bonds is 3. The largest absolute Gasteiger partial charge is 0.330 e. The average Bonchev–Trinajstić information content (AvgIpc) is 2.09. The molecular formula is C11H14ClN. The summed E-state index contributed by atoms with van der Waals surface area (Å²) in [6.45, 7) is 2.71. The van der Waals surface area contributed by atoms with Crippen LogP contribution in [0.1, 0.15) is 17.5 Å². The fourth-order valence-corrected chi connectivity index (χ4v) is 1.37. The van der Waals surface area contributed by atoms with E-state index in [9.17, 15) is 0 Å². The minimum absolute atomic E-state index is 0.681. The molecule has 0 aliphatic rings. The summed E-state index contributed by atoms with van der Waals surface area (Å²) < 4.78 is 0. The topological polar surface area (TPSA) is 26.0 Å². The van der Waals surface area contributed by atoms with Gasteiger partial charge in [-0.1, -0.05) is 35.9 Å². The quantitative estimate of drug-likeness (QED) is 0.789. The Morgan fingerprint density at radius 2 is 2.23 bits per heavy atom. The Morgan fingerprint density at radius 3 is 2.85 bits per heavy atom. The van der Waals surface area contributed by atoms with Crippen molar-refractivity contribution in [2.45, 2.75) is 13.3 Å². The van der Waals surface area contributed by atoms with Crippen molar-refractivity contribution >= 4 is 17.7 Å². The number of hydrogen-bond donors (Lipinski definition) is 1. The molecule has 0 bridgehead atoms. The molecule has 13 heavy (non-hydrogen) atoms. The molecule has 2 N–H and O–H groups in total. The fourth-order valence-electron chi connectivity index (χ4n) is 1.07. The Bertz CT molecular complexity index is 305. The summed E-state index contributed by atoms with van der Waals surface area (Å²) in [5, 5.41) is 0.799. The zero-order valence-electron chi connectivity index (χ0n) is 7.76. The van der Waals surface area contributed by atoms with Crippen molar-refractivity contribution in [2.24, 2.45) is 5.73 Å². The van der Waals surface area contributed by atoms with Crippen molar-refractivity contribution < 1.29 is 0 Å². The highest BCUT2D eigenvalue weighted by Gasteiger charge is 1.94. The van der Waals surface area contributed by atoms with Crippen LogP contribution >= 0.6 is 11.6 Å². The van der Waals surface area contributed by atoms with Gasteiger partial charge >= 0.3 is 0 Å². The predicted octanol–water partition coefficient (Wildman–Crippen LogP) is 3.01. The Balaban J connectivity index is 2.77. The summed E-state index contributed by atoms with van der Waals surface area (Å²) in [6.07, 6.45) is 4.94. The first-order valence-electron chi connectivity index (χ1n) is 4.37. The van der Waals surface area contributed by atoms with Gasteiger partial charge in [-0.2, -0.15) is 0 Å². The van der Waals surface area contributed by atoms with Crippen molar-refractivity contribution in [1.29, 1.82) is 0 Å². The molecular weight excluding hydrogens is 182 g/mol. The molecule has 1 aromatic rings. The average molecular weight is 196 g/mol. The van der Waals surface area contributed by atoms with E-state index in [0.29, 0.717) is 6.54 Å². The monoisotopic (exact) mass is 195 g/mol. The van der Waals surface area contributed by atoms with Crippen LogP contribution in [0.3, 0.4) is 0 Å². The van der Waals surface area contributed by atoms with E-state index in [4.69, 9.17) is 17.3 Å². The maximum atomic E-state index is 6.03. The third-order valence-electron chi connectivity index (χ3n) is 1.79. The Labute approximate surface area is 84.2 Å². The van der Waals surface area contributed by atoms with Crippen LogP contribution in [0.2, 0.25) is 5.02 Å². The van der Waals surface area contributed by atoms with E-state index in [0.717, 1.165) is 17.0 Å². The molecule has 0 radical (unpaired) electrons. The number of aryl methyl sites for hydroxylation is 1. The molecule has 1 nitrogen and oxygen atoms in total. The molecule has 70 valence electrons. The van der Waals surface area contributed by atoms with E-state index in [1.165, 1.54) is 5.56 Å². The van der Waals surface area contributed by atoms with E-state index in [-0.39, 0.29) is 0 Å². The second-order valence-corrected chi connectivity index (χ2v) is 3.41. The second kappa shape index (κ2) is 5.05. The zero-order chi connectivity index (χ0) is 9.68. The molecule has 0 heterocycles. The van der Waals surface area contributed by atoms with Gasteiger partial charge in [-0.15, -0.1) is 0 Å².